The highest BCUT2D eigenvalue weighted by molar-refractivity contribution is 8.00. The summed E-state index contributed by atoms with van der Waals surface area (Å²) >= 11 is 1.06. The third-order valence-electron chi connectivity index (χ3n) is 1.71. The van der Waals surface area contributed by atoms with Crippen molar-refractivity contribution in [3.05, 3.63) is 12.2 Å². The van der Waals surface area contributed by atoms with Gasteiger partial charge in [0.1, 0.15) is 6.33 Å². The van der Waals surface area contributed by atoms with Crippen LogP contribution in [0.3, 0.4) is 0 Å². The third-order valence-corrected chi connectivity index (χ3v) is 2.62. The second-order valence-corrected chi connectivity index (χ2v) is 4.01. The minimum Gasteiger partial charge on any atom is -0.481 e. The summed E-state index contributed by atoms with van der Waals surface area (Å²) in [7, 11) is 1.78. The normalized spacial score (nSPS) is 10.1. The summed E-state index contributed by atoms with van der Waals surface area (Å²) in [5.41, 5.74) is 0. The maximum absolute atomic E-state index is 11.2. The van der Waals surface area contributed by atoms with Crippen molar-refractivity contribution in [3.63, 3.8) is 0 Å². The standard InChI is InChI=1S/C8H12N4O3S/c1-12-5-10-11-6(12)2-9-7(13)3-16-4-8(14)15/h5H,2-4H2,1H3,(H,9,13)(H,14,15). The molecule has 0 aromatic carbocycles. The van der Waals surface area contributed by atoms with Crippen molar-refractivity contribution in [1.29, 1.82) is 0 Å². The number of rotatable bonds is 6. The molecular formula is C8H12N4O3S. The van der Waals surface area contributed by atoms with Gasteiger partial charge in [-0.25, -0.2) is 0 Å². The van der Waals surface area contributed by atoms with Crippen LogP contribution in [0.2, 0.25) is 0 Å². The Morgan fingerprint density at radius 3 is 2.88 bits per heavy atom. The minimum absolute atomic E-state index is 0.0720. The van der Waals surface area contributed by atoms with Gasteiger partial charge in [0.2, 0.25) is 5.91 Å². The number of hydrogen-bond donors (Lipinski definition) is 2. The second kappa shape index (κ2) is 6.11. The average Bonchev–Trinajstić information content (AvgIpc) is 2.60. The number of nitrogens with one attached hydrogen (secondary N) is 1. The van der Waals surface area contributed by atoms with Gasteiger partial charge in [-0.2, -0.15) is 0 Å². The van der Waals surface area contributed by atoms with Crippen LogP contribution in [0.5, 0.6) is 0 Å². The Labute approximate surface area is 96.2 Å². The molecular weight excluding hydrogens is 232 g/mol. The topological polar surface area (TPSA) is 97.1 Å². The van der Waals surface area contributed by atoms with Crippen molar-refractivity contribution in [3.8, 4) is 0 Å². The molecule has 1 heterocycles. The minimum atomic E-state index is -0.925. The van der Waals surface area contributed by atoms with E-state index in [1.165, 1.54) is 0 Å². The highest BCUT2D eigenvalue weighted by Gasteiger charge is 2.06. The van der Waals surface area contributed by atoms with Gasteiger partial charge >= 0.3 is 5.97 Å². The van der Waals surface area contributed by atoms with Crippen LogP contribution in [0.25, 0.3) is 0 Å². The van der Waals surface area contributed by atoms with E-state index in [4.69, 9.17) is 5.11 Å². The Balaban J connectivity index is 2.20. The zero-order chi connectivity index (χ0) is 12.0. The van der Waals surface area contributed by atoms with E-state index >= 15 is 0 Å². The monoisotopic (exact) mass is 244 g/mol. The maximum atomic E-state index is 11.2. The smallest absolute Gasteiger partial charge is 0.313 e. The SMILES string of the molecule is Cn1cnnc1CNC(=O)CSCC(=O)O. The molecule has 0 atom stereocenters. The lowest BCUT2D eigenvalue weighted by atomic mass is 10.5. The van der Waals surface area contributed by atoms with E-state index in [0.717, 1.165) is 11.8 Å². The molecule has 0 unspecified atom stereocenters. The fourth-order valence-corrected chi connectivity index (χ4v) is 1.49. The second-order valence-electron chi connectivity index (χ2n) is 3.02. The van der Waals surface area contributed by atoms with Gasteiger partial charge in [-0.15, -0.1) is 22.0 Å². The maximum Gasteiger partial charge on any atom is 0.313 e. The quantitative estimate of drug-likeness (QED) is 0.683. The predicted octanol–water partition coefficient (Wildman–Crippen LogP) is -0.751. The highest BCUT2D eigenvalue weighted by atomic mass is 32.2. The molecule has 0 fully saturated rings. The van der Waals surface area contributed by atoms with Gasteiger partial charge in [0, 0.05) is 7.05 Å². The summed E-state index contributed by atoms with van der Waals surface area (Å²) < 4.78 is 1.70. The number of carbonyl (C=O) groups excluding carboxylic acids is 1. The molecule has 1 aromatic rings. The average molecular weight is 244 g/mol. The van der Waals surface area contributed by atoms with Crippen molar-refractivity contribution in [1.82, 2.24) is 20.1 Å². The lowest BCUT2D eigenvalue weighted by Crippen LogP contribution is -2.26. The Kier molecular flexibility index (Phi) is 4.77. The van der Waals surface area contributed by atoms with E-state index < -0.39 is 5.97 Å². The van der Waals surface area contributed by atoms with Gasteiger partial charge in [-0.3, -0.25) is 9.59 Å². The van der Waals surface area contributed by atoms with Crippen LogP contribution in [0.1, 0.15) is 5.82 Å². The fraction of sp³-hybridized carbons (Fsp3) is 0.500. The van der Waals surface area contributed by atoms with E-state index in [0.29, 0.717) is 12.4 Å². The first-order valence-corrected chi connectivity index (χ1v) is 5.64. The summed E-state index contributed by atoms with van der Waals surface area (Å²) in [5.74, 6) is -0.432. The van der Waals surface area contributed by atoms with Gasteiger partial charge < -0.3 is 15.0 Å². The Morgan fingerprint density at radius 2 is 2.31 bits per heavy atom. The fourth-order valence-electron chi connectivity index (χ4n) is 0.927. The van der Waals surface area contributed by atoms with Gasteiger partial charge in [-0.1, -0.05) is 0 Å². The lowest BCUT2D eigenvalue weighted by molar-refractivity contribution is -0.133. The first-order chi connectivity index (χ1) is 7.59. The molecule has 1 amide bonds. The number of carboxylic acid groups (broad SMARTS) is 1. The van der Waals surface area contributed by atoms with Gasteiger partial charge in [0.15, 0.2) is 5.82 Å². The molecule has 1 aromatic heterocycles. The van der Waals surface area contributed by atoms with E-state index in [1.54, 1.807) is 17.9 Å². The van der Waals surface area contributed by atoms with Crippen molar-refractivity contribution in [2.75, 3.05) is 11.5 Å². The Morgan fingerprint density at radius 1 is 1.56 bits per heavy atom. The number of thioether (sulfide) groups is 1. The number of carbonyl (C=O) groups is 2. The first-order valence-electron chi connectivity index (χ1n) is 4.48. The number of nitrogens with zero attached hydrogens (tertiary/aromatic N) is 3. The molecule has 0 radical (unpaired) electrons. The largest absolute Gasteiger partial charge is 0.481 e. The Bertz CT molecular complexity index is 379. The molecule has 0 saturated carbocycles. The molecule has 2 N–H and O–H groups in total. The molecule has 8 heteroatoms. The molecule has 0 aliphatic rings. The van der Waals surface area contributed by atoms with Crippen molar-refractivity contribution in [2.45, 2.75) is 6.54 Å². The Hall–Kier alpha value is -1.57. The van der Waals surface area contributed by atoms with Crippen LogP contribution < -0.4 is 5.32 Å². The van der Waals surface area contributed by atoms with Crippen LogP contribution in [0.15, 0.2) is 6.33 Å². The van der Waals surface area contributed by atoms with Gasteiger partial charge in [-0.05, 0) is 0 Å². The molecule has 7 nitrogen and oxygen atoms in total. The van der Waals surface area contributed by atoms with E-state index in [2.05, 4.69) is 15.5 Å². The number of aryl methyl sites for hydroxylation is 1. The molecule has 1 rings (SSSR count). The van der Waals surface area contributed by atoms with Crippen LogP contribution >= 0.6 is 11.8 Å². The molecule has 88 valence electrons. The van der Waals surface area contributed by atoms with Crippen LogP contribution in [0.4, 0.5) is 0 Å². The molecule has 0 aliphatic carbocycles. The number of amides is 1. The summed E-state index contributed by atoms with van der Waals surface area (Å²) in [5, 5.41) is 18.4. The number of aromatic nitrogens is 3. The summed E-state index contributed by atoms with van der Waals surface area (Å²) in [6.45, 7) is 0.295. The molecule has 0 aliphatic heterocycles. The summed E-state index contributed by atoms with van der Waals surface area (Å²) in [6.07, 6.45) is 1.54. The van der Waals surface area contributed by atoms with E-state index in [1.807, 2.05) is 0 Å². The lowest BCUT2D eigenvalue weighted by Gasteiger charge is -2.03. The van der Waals surface area contributed by atoms with Gasteiger partial charge in [0.25, 0.3) is 0 Å². The van der Waals surface area contributed by atoms with Crippen molar-refractivity contribution < 1.29 is 14.7 Å². The van der Waals surface area contributed by atoms with Crippen LogP contribution in [-0.2, 0) is 23.2 Å². The summed E-state index contributed by atoms with van der Waals surface area (Å²) in [4.78, 5) is 21.4. The zero-order valence-electron chi connectivity index (χ0n) is 8.71. The van der Waals surface area contributed by atoms with E-state index in [-0.39, 0.29) is 17.4 Å². The number of aliphatic carboxylic acids is 1. The van der Waals surface area contributed by atoms with Crippen molar-refractivity contribution >= 4 is 23.6 Å². The molecule has 0 bridgehead atoms. The van der Waals surface area contributed by atoms with Crippen LogP contribution in [0, 0.1) is 0 Å². The first kappa shape index (κ1) is 12.5. The predicted molar refractivity (Wildman–Crippen MR) is 57.8 cm³/mol. The number of carboxylic acids is 1. The third kappa shape index (κ3) is 4.30. The molecule has 0 saturated heterocycles. The van der Waals surface area contributed by atoms with Crippen LogP contribution in [-0.4, -0.2) is 43.3 Å². The van der Waals surface area contributed by atoms with Gasteiger partial charge in [0.05, 0.1) is 18.1 Å². The highest BCUT2D eigenvalue weighted by Crippen LogP contribution is 1.98. The summed E-state index contributed by atoms with van der Waals surface area (Å²) in [6, 6.07) is 0. The van der Waals surface area contributed by atoms with Crippen molar-refractivity contribution in [2.24, 2.45) is 7.05 Å². The number of hydrogen-bond acceptors (Lipinski definition) is 5. The zero-order valence-corrected chi connectivity index (χ0v) is 9.53. The molecule has 16 heavy (non-hydrogen) atoms. The van der Waals surface area contributed by atoms with E-state index in [9.17, 15) is 9.59 Å². The molecule has 0 spiro atoms.